The van der Waals surface area contributed by atoms with Crippen molar-refractivity contribution in [2.24, 2.45) is 0 Å². The molecule has 2 aromatic carbocycles. The van der Waals surface area contributed by atoms with Crippen LogP contribution in [-0.2, 0) is 16.0 Å². The van der Waals surface area contributed by atoms with Crippen LogP contribution in [-0.4, -0.2) is 51.2 Å². The average molecular weight is 563 g/mol. The molecule has 1 N–H and O–H groups in total. The van der Waals surface area contributed by atoms with Crippen molar-refractivity contribution < 1.29 is 14.4 Å². The number of hydrogen-bond acceptors (Lipinski definition) is 3. The predicted molar refractivity (Wildman–Crippen MR) is 147 cm³/mol. The lowest BCUT2D eigenvalue weighted by atomic mass is 9.93. The molecule has 3 heterocycles. The number of aryl methyl sites for hydroxylation is 1. The highest BCUT2D eigenvalue weighted by atomic mass is 79.9. The lowest BCUT2D eigenvalue weighted by Gasteiger charge is -2.49. The minimum Gasteiger partial charge on any atom is -0.348 e. The lowest BCUT2D eigenvalue weighted by Crippen LogP contribution is -2.64. The maximum absolute atomic E-state index is 14.3. The van der Waals surface area contributed by atoms with Crippen LogP contribution in [0.15, 0.2) is 53.5 Å². The zero-order valence-electron chi connectivity index (χ0n) is 21.5. The van der Waals surface area contributed by atoms with E-state index in [1.807, 2.05) is 43.0 Å². The van der Waals surface area contributed by atoms with E-state index in [9.17, 15) is 14.4 Å². The first-order chi connectivity index (χ1) is 17.6. The van der Waals surface area contributed by atoms with Crippen LogP contribution in [0.3, 0.4) is 0 Å². The van der Waals surface area contributed by atoms with Crippen molar-refractivity contribution in [2.75, 3.05) is 13.1 Å². The van der Waals surface area contributed by atoms with Crippen LogP contribution in [0.25, 0.3) is 10.9 Å². The van der Waals surface area contributed by atoms with Crippen LogP contribution < -0.4 is 5.32 Å². The minimum absolute atomic E-state index is 0.0299. The molecule has 3 atom stereocenters. The molecule has 0 radical (unpaired) electrons. The number of amides is 3. The molecular weight excluding hydrogens is 532 g/mol. The average Bonchev–Trinajstić information content (AvgIpc) is 3.12. The van der Waals surface area contributed by atoms with Crippen molar-refractivity contribution in [3.05, 3.63) is 81.5 Å². The van der Waals surface area contributed by atoms with Gasteiger partial charge >= 0.3 is 0 Å². The number of benzene rings is 2. The Morgan fingerprint density at radius 2 is 1.86 bits per heavy atom. The zero-order chi connectivity index (χ0) is 26.6. The molecule has 1 aromatic heterocycles. The van der Waals surface area contributed by atoms with Crippen LogP contribution in [0, 0.1) is 13.8 Å². The van der Waals surface area contributed by atoms with Gasteiger partial charge in [0.25, 0.3) is 5.91 Å². The number of carbonyl (C=O) groups excluding carboxylic acids is 3. The topological polar surface area (TPSA) is 74.6 Å². The summed E-state index contributed by atoms with van der Waals surface area (Å²) in [5.41, 5.74) is 5.72. The number of rotatable bonds is 4. The molecule has 2 aliphatic heterocycles. The minimum atomic E-state index is -0.460. The molecule has 2 unspecified atom stereocenters. The molecule has 7 nitrogen and oxygen atoms in total. The third-order valence-electron chi connectivity index (χ3n) is 7.75. The molecule has 0 aliphatic carbocycles. The highest BCUT2D eigenvalue weighted by Gasteiger charge is 2.45. The van der Waals surface area contributed by atoms with E-state index in [0.29, 0.717) is 18.7 Å². The predicted octanol–water partition coefficient (Wildman–Crippen LogP) is 4.81. The van der Waals surface area contributed by atoms with Crippen LogP contribution in [0.2, 0.25) is 0 Å². The van der Waals surface area contributed by atoms with Crippen molar-refractivity contribution in [3.63, 3.8) is 0 Å². The summed E-state index contributed by atoms with van der Waals surface area (Å²) >= 11 is 3.62. The molecule has 3 aromatic rings. The summed E-state index contributed by atoms with van der Waals surface area (Å²) < 4.78 is 2.94. The van der Waals surface area contributed by atoms with Crippen molar-refractivity contribution in [2.45, 2.75) is 52.4 Å². The van der Waals surface area contributed by atoms with E-state index in [4.69, 9.17) is 0 Å². The molecule has 2 aliphatic rings. The van der Waals surface area contributed by atoms with E-state index in [2.05, 4.69) is 51.4 Å². The van der Waals surface area contributed by atoms with Gasteiger partial charge < -0.3 is 19.7 Å². The highest BCUT2D eigenvalue weighted by Crippen LogP contribution is 2.41. The number of likely N-dealkylation sites (tertiary alicyclic amines) is 1. The van der Waals surface area contributed by atoms with E-state index >= 15 is 0 Å². The van der Waals surface area contributed by atoms with Gasteiger partial charge in [-0.3, -0.25) is 14.4 Å². The fourth-order valence-electron chi connectivity index (χ4n) is 6.05. The molecule has 8 heteroatoms. The number of nitrogens with zero attached hydrogens (tertiary/aromatic N) is 3. The number of nitrogens with one attached hydrogen (secondary N) is 1. The second-order valence-corrected chi connectivity index (χ2v) is 10.9. The Morgan fingerprint density at radius 1 is 1.14 bits per heavy atom. The lowest BCUT2D eigenvalue weighted by molar-refractivity contribution is -0.143. The Bertz CT molecular complexity index is 1460. The fraction of sp³-hybridized carbons (Fsp3) is 0.345. The summed E-state index contributed by atoms with van der Waals surface area (Å²) in [6.07, 6.45) is 1.64. The third kappa shape index (κ3) is 4.07. The monoisotopic (exact) mass is 562 g/mol. The van der Waals surface area contributed by atoms with Crippen molar-refractivity contribution in [1.29, 1.82) is 0 Å². The number of aromatic nitrogens is 1. The summed E-state index contributed by atoms with van der Waals surface area (Å²) in [5.74, 6) is -0.402. The van der Waals surface area contributed by atoms with Gasteiger partial charge in [0.2, 0.25) is 11.8 Å². The summed E-state index contributed by atoms with van der Waals surface area (Å²) in [5, 5.41) is 3.82. The Balaban J connectivity index is 1.67. The summed E-state index contributed by atoms with van der Waals surface area (Å²) in [6, 6.07) is 12.0. The van der Waals surface area contributed by atoms with Gasteiger partial charge in [0.05, 0.1) is 23.2 Å². The quantitative estimate of drug-likeness (QED) is 0.463. The molecule has 1 saturated heterocycles. The van der Waals surface area contributed by atoms with E-state index in [0.717, 1.165) is 33.1 Å². The standard InChI is InChI=1S/C29H31BrN4O3/c1-6-25(36)33-15-24(31-19(5)35)28(33)34-18(4)26(23-14-21(30)13-16(2)27(23)34)29(37)32-12-11-20-9-7-8-10-22(20)17(32)3/h6-10,13-14,17,24,28H,1,11-12,15H2,2-5H3,(H,31,35)/t17-,24?,28?/m1/s1. The second-order valence-electron chi connectivity index (χ2n) is 9.99. The summed E-state index contributed by atoms with van der Waals surface area (Å²) in [4.78, 5) is 42.6. The van der Waals surface area contributed by atoms with E-state index in [1.165, 1.54) is 24.1 Å². The van der Waals surface area contributed by atoms with E-state index in [1.54, 1.807) is 4.90 Å². The maximum Gasteiger partial charge on any atom is 0.256 e. The molecule has 0 saturated carbocycles. The number of fused-ring (bicyclic) bond motifs is 2. The van der Waals surface area contributed by atoms with Gasteiger partial charge in [0.15, 0.2) is 0 Å². The van der Waals surface area contributed by atoms with Crippen molar-refractivity contribution in [3.8, 4) is 0 Å². The third-order valence-corrected chi connectivity index (χ3v) is 8.21. The van der Waals surface area contributed by atoms with Crippen LogP contribution in [0.4, 0.5) is 0 Å². The summed E-state index contributed by atoms with van der Waals surface area (Å²) in [6.45, 7) is 12.2. The first kappa shape index (κ1) is 25.3. The molecule has 192 valence electrons. The molecule has 37 heavy (non-hydrogen) atoms. The van der Waals surface area contributed by atoms with Crippen LogP contribution in [0.1, 0.15) is 58.8 Å². The van der Waals surface area contributed by atoms with Gasteiger partial charge in [-0.15, -0.1) is 0 Å². The molecule has 3 amide bonds. The normalized spacial score (nSPS) is 20.8. The largest absolute Gasteiger partial charge is 0.348 e. The van der Waals surface area contributed by atoms with Crippen molar-refractivity contribution >= 4 is 44.6 Å². The molecule has 0 spiro atoms. The van der Waals surface area contributed by atoms with Gasteiger partial charge in [0, 0.05) is 35.6 Å². The first-order valence-corrected chi connectivity index (χ1v) is 13.3. The maximum atomic E-state index is 14.3. The van der Waals surface area contributed by atoms with Gasteiger partial charge in [-0.1, -0.05) is 46.8 Å². The Kier molecular flexibility index (Phi) is 6.48. The first-order valence-electron chi connectivity index (χ1n) is 12.5. The fourth-order valence-corrected chi connectivity index (χ4v) is 6.63. The van der Waals surface area contributed by atoms with E-state index in [-0.39, 0.29) is 29.8 Å². The van der Waals surface area contributed by atoms with E-state index < -0.39 is 6.17 Å². The van der Waals surface area contributed by atoms with Crippen LogP contribution in [0.5, 0.6) is 0 Å². The van der Waals surface area contributed by atoms with Gasteiger partial charge in [-0.05, 0) is 62.1 Å². The van der Waals surface area contributed by atoms with Gasteiger partial charge in [0.1, 0.15) is 6.17 Å². The van der Waals surface area contributed by atoms with Crippen molar-refractivity contribution in [1.82, 2.24) is 19.7 Å². The SMILES string of the molecule is C=CC(=O)N1CC(NC(C)=O)C1n1c(C)c(C(=O)N2CCc3ccccc3[C@H]2C)c2cc(Br)cc(C)c21. The van der Waals surface area contributed by atoms with Crippen LogP contribution >= 0.6 is 15.9 Å². The van der Waals surface area contributed by atoms with Gasteiger partial charge in [-0.25, -0.2) is 0 Å². The Hall–Kier alpha value is -3.39. The zero-order valence-corrected chi connectivity index (χ0v) is 23.1. The Labute approximate surface area is 225 Å². The Morgan fingerprint density at radius 3 is 2.57 bits per heavy atom. The number of carbonyl (C=O) groups is 3. The smallest absolute Gasteiger partial charge is 0.256 e. The number of hydrogen-bond donors (Lipinski definition) is 1. The molecule has 0 bridgehead atoms. The molecule has 1 fully saturated rings. The number of halogens is 1. The second kappa shape index (κ2) is 9.49. The molecule has 5 rings (SSSR count). The molecular formula is C29H31BrN4O3. The van der Waals surface area contributed by atoms with Gasteiger partial charge in [-0.2, -0.15) is 0 Å². The summed E-state index contributed by atoms with van der Waals surface area (Å²) in [7, 11) is 0. The highest BCUT2D eigenvalue weighted by molar-refractivity contribution is 9.10.